The van der Waals surface area contributed by atoms with Crippen molar-refractivity contribution in [2.75, 3.05) is 27.4 Å². The SMILES string of the molecule is COc1ccccc1-c1cccc(-c2ccccc2OC)c1OCCOC(C)N. The van der Waals surface area contributed by atoms with Gasteiger partial charge in [0, 0.05) is 22.3 Å². The Morgan fingerprint density at radius 1 is 0.690 bits per heavy atom. The van der Waals surface area contributed by atoms with Crippen molar-refractivity contribution in [2.24, 2.45) is 5.73 Å². The number of hydrogen-bond donors (Lipinski definition) is 1. The van der Waals surface area contributed by atoms with Gasteiger partial charge in [-0.1, -0.05) is 54.6 Å². The van der Waals surface area contributed by atoms with Gasteiger partial charge in [0.15, 0.2) is 0 Å². The summed E-state index contributed by atoms with van der Waals surface area (Å²) < 4.78 is 22.8. The van der Waals surface area contributed by atoms with E-state index in [0.29, 0.717) is 13.2 Å². The lowest BCUT2D eigenvalue weighted by Gasteiger charge is -2.19. The molecule has 0 fully saturated rings. The molecule has 0 heterocycles. The van der Waals surface area contributed by atoms with Gasteiger partial charge in [0.1, 0.15) is 30.1 Å². The van der Waals surface area contributed by atoms with E-state index >= 15 is 0 Å². The lowest BCUT2D eigenvalue weighted by Crippen LogP contribution is -2.22. The molecule has 0 aliphatic heterocycles. The first-order valence-electron chi connectivity index (χ1n) is 9.55. The molecule has 0 bridgehead atoms. The van der Waals surface area contributed by atoms with E-state index in [1.54, 1.807) is 21.1 Å². The maximum Gasteiger partial charge on any atom is 0.135 e. The van der Waals surface area contributed by atoms with Gasteiger partial charge >= 0.3 is 0 Å². The van der Waals surface area contributed by atoms with Crippen molar-refractivity contribution in [3.63, 3.8) is 0 Å². The Morgan fingerprint density at radius 2 is 1.17 bits per heavy atom. The first-order valence-corrected chi connectivity index (χ1v) is 9.55. The van der Waals surface area contributed by atoms with Crippen LogP contribution >= 0.6 is 0 Å². The van der Waals surface area contributed by atoms with Crippen LogP contribution in [0.5, 0.6) is 17.2 Å². The molecule has 5 nitrogen and oxygen atoms in total. The Balaban J connectivity index is 2.11. The standard InChI is InChI=1S/C24H27NO4/c1-17(25)28-15-16-29-24-20(18-9-4-6-13-22(18)26-2)11-8-12-21(24)19-10-5-7-14-23(19)27-3/h4-14,17H,15-16,25H2,1-3H3. The fourth-order valence-corrected chi connectivity index (χ4v) is 3.23. The molecule has 5 heteroatoms. The number of ether oxygens (including phenoxy) is 4. The number of nitrogens with two attached hydrogens (primary N) is 1. The monoisotopic (exact) mass is 393 g/mol. The highest BCUT2D eigenvalue weighted by atomic mass is 16.5. The molecule has 152 valence electrons. The van der Waals surface area contributed by atoms with Gasteiger partial charge in [0.05, 0.1) is 20.8 Å². The minimum atomic E-state index is -0.336. The maximum atomic E-state index is 6.23. The molecule has 3 rings (SSSR count). The van der Waals surface area contributed by atoms with E-state index < -0.39 is 0 Å². The smallest absolute Gasteiger partial charge is 0.135 e. The van der Waals surface area contributed by atoms with Crippen LogP contribution in [0, 0.1) is 0 Å². The van der Waals surface area contributed by atoms with E-state index in [-0.39, 0.29) is 6.23 Å². The Morgan fingerprint density at radius 3 is 1.66 bits per heavy atom. The molecular weight excluding hydrogens is 366 g/mol. The summed E-state index contributed by atoms with van der Waals surface area (Å²) in [4.78, 5) is 0. The van der Waals surface area contributed by atoms with Gasteiger partial charge in [-0.15, -0.1) is 0 Å². The Kier molecular flexibility index (Phi) is 7.11. The van der Waals surface area contributed by atoms with Crippen LogP contribution in [0.4, 0.5) is 0 Å². The van der Waals surface area contributed by atoms with Crippen molar-refractivity contribution in [3.8, 4) is 39.5 Å². The number of methoxy groups -OCH3 is 2. The quantitative estimate of drug-likeness (QED) is 0.420. The van der Waals surface area contributed by atoms with Crippen LogP contribution in [0.25, 0.3) is 22.3 Å². The van der Waals surface area contributed by atoms with E-state index in [9.17, 15) is 0 Å². The highest BCUT2D eigenvalue weighted by Gasteiger charge is 2.18. The van der Waals surface area contributed by atoms with Crippen molar-refractivity contribution in [1.29, 1.82) is 0 Å². The third kappa shape index (κ3) is 4.88. The first kappa shape index (κ1) is 20.7. The maximum absolute atomic E-state index is 6.23. The molecule has 0 aromatic heterocycles. The summed E-state index contributed by atoms with van der Waals surface area (Å²) in [5.41, 5.74) is 9.46. The summed E-state index contributed by atoms with van der Waals surface area (Å²) >= 11 is 0. The predicted octanol–water partition coefficient (Wildman–Crippen LogP) is 4.74. The first-order chi connectivity index (χ1) is 14.2. The highest BCUT2D eigenvalue weighted by Crippen LogP contribution is 2.44. The van der Waals surface area contributed by atoms with Crippen LogP contribution in [-0.4, -0.2) is 33.7 Å². The Bertz CT molecular complexity index is 874. The number of rotatable bonds is 9. The zero-order chi connectivity index (χ0) is 20.6. The zero-order valence-corrected chi connectivity index (χ0v) is 17.1. The van der Waals surface area contributed by atoms with Crippen LogP contribution in [0.1, 0.15) is 6.92 Å². The molecular formula is C24H27NO4. The average Bonchev–Trinajstić information content (AvgIpc) is 2.76. The molecule has 0 aliphatic carbocycles. The summed E-state index contributed by atoms with van der Waals surface area (Å²) in [6.45, 7) is 2.56. The van der Waals surface area contributed by atoms with Crippen molar-refractivity contribution < 1.29 is 18.9 Å². The van der Waals surface area contributed by atoms with Crippen LogP contribution < -0.4 is 19.9 Å². The summed E-state index contributed by atoms with van der Waals surface area (Å²) in [6, 6.07) is 21.8. The minimum absolute atomic E-state index is 0.336. The lowest BCUT2D eigenvalue weighted by molar-refractivity contribution is 0.0487. The van der Waals surface area contributed by atoms with E-state index in [0.717, 1.165) is 39.5 Å². The van der Waals surface area contributed by atoms with Gasteiger partial charge in [-0.2, -0.15) is 0 Å². The second-order valence-corrected chi connectivity index (χ2v) is 6.51. The molecule has 29 heavy (non-hydrogen) atoms. The Hall–Kier alpha value is -3.02. The van der Waals surface area contributed by atoms with Crippen molar-refractivity contribution in [2.45, 2.75) is 13.2 Å². The molecule has 0 amide bonds. The molecule has 0 saturated carbocycles. The van der Waals surface area contributed by atoms with Crippen LogP contribution in [-0.2, 0) is 4.74 Å². The van der Waals surface area contributed by atoms with Crippen LogP contribution in [0.3, 0.4) is 0 Å². The van der Waals surface area contributed by atoms with Gasteiger partial charge in [0.25, 0.3) is 0 Å². The molecule has 0 radical (unpaired) electrons. The highest BCUT2D eigenvalue weighted by molar-refractivity contribution is 5.86. The van der Waals surface area contributed by atoms with E-state index in [2.05, 4.69) is 0 Å². The number of benzene rings is 3. The third-order valence-electron chi connectivity index (χ3n) is 4.52. The Labute approximate surface area is 172 Å². The van der Waals surface area contributed by atoms with Crippen molar-refractivity contribution in [3.05, 3.63) is 66.7 Å². The fourth-order valence-electron chi connectivity index (χ4n) is 3.23. The van der Waals surface area contributed by atoms with E-state index in [1.807, 2.05) is 66.7 Å². The molecule has 0 spiro atoms. The van der Waals surface area contributed by atoms with Gasteiger partial charge in [-0.05, 0) is 19.1 Å². The van der Waals surface area contributed by atoms with E-state index in [4.69, 9.17) is 24.7 Å². The molecule has 2 N–H and O–H groups in total. The van der Waals surface area contributed by atoms with Gasteiger partial charge < -0.3 is 24.7 Å². The molecule has 0 saturated heterocycles. The second-order valence-electron chi connectivity index (χ2n) is 6.51. The average molecular weight is 393 g/mol. The summed E-state index contributed by atoms with van der Waals surface area (Å²) in [5, 5.41) is 0. The topological polar surface area (TPSA) is 62.9 Å². The molecule has 1 atom stereocenters. The predicted molar refractivity (Wildman–Crippen MR) is 116 cm³/mol. The fraction of sp³-hybridized carbons (Fsp3) is 0.250. The van der Waals surface area contributed by atoms with Gasteiger partial charge in [0.2, 0.25) is 0 Å². The second kappa shape index (κ2) is 9.96. The van der Waals surface area contributed by atoms with Crippen molar-refractivity contribution in [1.82, 2.24) is 0 Å². The summed E-state index contributed by atoms with van der Waals surface area (Å²) in [5.74, 6) is 2.30. The molecule has 0 aliphatic rings. The third-order valence-corrected chi connectivity index (χ3v) is 4.52. The molecule has 3 aromatic rings. The van der Waals surface area contributed by atoms with Crippen LogP contribution in [0.2, 0.25) is 0 Å². The lowest BCUT2D eigenvalue weighted by atomic mass is 9.96. The normalized spacial score (nSPS) is 11.7. The van der Waals surface area contributed by atoms with E-state index in [1.165, 1.54) is 0 Å². The summed E-state index contributed by atoms with van der Waals surface area (Å²) in [6.07, 6.45) is -0.336. The van der Waals surface area contributed by atoms with Crippen molar-refractivity contribution >= 4 is 0 Å². The molecule has 3 aromatic carbocycles. The number of hydrogen-bond acceptors (Lipinski definition) is 5. The minimum Gasteiger partial charge on any atom is -0.496 e. The summed E-state index contributed by atoms with van der Waals surface area (Å²) in [7, 11) is 3.33. The van der Waals surface area contributed by atoms with Gasteiger partial charge in [-0.25, -0.2) is 0 Å². The van der Waals surface area contributed by atoms with Crippen LogP contribution in [0.15, 0.2) is 66.7 Å². The largest absolute Gasteiger partial charge is 0.496 e. The number of para-hydroxylation sites is 3. The molecule has 1 unspecified atom stereocenters. The van der Waals surface area contributed by atoms with Gasteiger partial charge in [-0.3, -0.25) is 0 Å². The zero-order valence-electron chi connectivity index (χ0n) is 17.1.